The molecule has 1 unspecified atom stereocenters. The third-order valence-corrected chi connectivity index (χ3v) is 3.70. The maximum atomic E-state index is 11.3. The minimum atomic E-state index is -0.800. The van der Waals surface area contributed by atoms with E-state index in [2.05, 4.69) is 15.3 Å². The summed E-state index contributed by atoms with van der Waals surface area (Å²) in [6.07, 6.45) is 1.52. The maximum absolute atomic E-state index is 11.3. The van der Waals surface area contributed by atoms with E-state index in [1.54, 1.807) is 0 Å². The van der Waals surface area contributed by atoms with Crippen molar-refractivity contribution in [2.75, 3.05) is 16.8 Å². The molecule has 2 heterocycles. The first kappa shape index (κ1) is 14.3. The fraction of sp³-hybridized carbons (Fsp3) is 0.312. The zero-order chi connectivity index (χ0) is 15.5. The summed E-state index contributed by atoms with van der Waals surface area (Å²) in [5.74, 6) is 0.347. The first-order chi connectivity index (χ1) is 10.6. The van der Waals surface area contributed by atoms with Crippen molar-refractivity contribution in [2.45, 2.75) is 25.8 Å². The number of para-hydroxylation sites is 1. The van der Waals surface area contributed by atoms with E-state index < -0.39 is 12.0 Å². The molecule has 6 nitrogen and oxygen atoms in total. The Morgan fingerprint density at radius 2 is 2.09 bits per heavy atom. The number of aliphatic carboxylic acids is 1. The first-order valence-electron chi connectivity index (χ1n) is 7.31. The van der Waals surface area contributed by atoms with Crippen molar-refractivity contribution in [3.63, 3.8) is 0 Å². The monoisotopic (exact) mass is 298 g/mol. The molecule has 6 heteroatoms. The summed E-state index contributed by atoms with van der Waals surface area (Å²) in [6, 6.07) is 11.0. The summed E-state index contributed by atoms with van der Waals surface area (Å²) < 4.78 is 0. The molecule has 114 valence electrons. The summed E-state index contributed by atoms with van der Waals surface area (Å²) in [4.78, 5) is 22.0. The molecule has 0 bridgehead atoms. The summed E-state index contributed by atoms with van der Waals surface area (Å²) in [5, 5.41) is 12.5. The highest BCUT2D eigenvalue weighted by Gasteiger charge is 2.31. The molecule has 3 rings (SSSR count). The van der Waals surface area contributed by atoms with Crippen molar-refractivity contribution in [3.05, 3.63) is 42.1 Å². The van der Waals surface area contributed by atoms with Gasteiger partial charge in [0, 0.05) is 24.0 Å². The Labute approximate surface area is 128 Å². The van der Waals surface area contributed by atoms with Crippen molar-refractivity contribution in [3.8, 4) is 0 Å². The molecule has 0 aliphatic carbocycles. The number of benzene rings is 1. The Kier molecular flexibility index (Phi) is 3.91. The predicted molar refractivity (Wildman–Crippen MR) is 84.5 cm³/mol. The molecule has 0 radical (unpaired) electrons. The molecule has 0 amide bonds. The SMILES string of the molecule is Cc1cc(N2CCCC2C(=O)O)nc(Nc2ccccc2)n1. The molecule has 0 saturated carbocycles. The second-order valence-corrected chi connectivity index (χ2v) is 5.37. The summed E-state index contributed by atoms with van der Waals surface area (Å²) in [6.45, 7) is 2.59. The number of hydrogen-bond donors (Lipinski definition) is 2. The van der Waals surface area contributed by atoms with Gasteiger partial charge in [0.2, 0.25) is 5.95 Å². The van der Waals surface area contributed by atoms with Gasteiger partial charge < -0.3 is 15.3 Å². The van der Waals surface area contributed by atoms with E-state index in [9.17, 15) is 9.90 Å². The molecule has 22 heavy (non-hydrogen) atoms. The molecule has 1 fully saturated rings. The van der Waals surface area contributed by atoms with E-state index in [-0.39, 0.29) is 0 Å². The molecule has 1 aliphatic rings. The number of carboxylic acid groups (broad SMARTS) is 1. The van der Waals surface area contributed by atoms with Crippen LogP contribution in [0.2, 0.25) is 0 Å². The van der Waals surface area contributed by atoms with Crippen LogP contribution in [-0.4, -0.2) is 33.6 Å². The van der Waals surface area contributed by atoms with Gasteiger partial charge in [0.25, 0.3) is 0 Å². The Balaban J connectivity index is 1.88. The van der Waals surface area contributed by atoms with Crippen molar-refractivity contribution >= 4 is 23.4 Å². The van der Waals surface area contributed by atoms with Gasteiger partial charge in [0.05, 0.1) is 0 Å². The number of carboxylic acids is 1. The van der Waals surface area contributed by atoms with E-state index in [4.69, 9.17) is 0 Å². The molecule has 0 spiro atoms. The van der Waals surface area contributed by atoms with E-state index in [1.165, 1.54) is 0 Å². The number of hydrogen-bond acceptors (Lipinski definition) is 5. The van der Waals surface area contributed by atoms with Gasteiger partial charge in [0.1, 0.15) is 11.9 Å². The van der Waals surface area contributed by atoms with Crippen LogP contribution in [0.25, 0.3) is 0 Å². The Morgan fingerprint density at radius 1 is 1.32 bits per heavy atom. The Bertz CT molecular complexity index is 675. The van der Waals surface area contributed by atoms with Crippen LogP contribution in [0.3, 0.4) is 0 Å². The topological polar surface area (TPSA) is 78.4 Å². The minimum Gasteiger partial charge on any atom is -0.480 e. The van der Waals surface area contributed by atoms with Gasteiger partial charge in [-0.05, 0) is 31.9 Å². The molecule has 1 saturated heterocycles. The van der Waals surface area contributed by atoms with Gasteiger partial charge in [-0.1, -0.05) is 18.2 Å². The fourth-order valence-corrected chi connectivity index (χ4v) is 2.70. The first-order valence-corrected chi connectivity index (χ1v) is 7.31. The third-order valence-electron chi connectivity index (χ3n) is 3.70. The zero-order valence-corrected chi connectivity index (χ0v) is 12.4. The molecule has 1 aromatic carbocycles. The number of nitrogens with zero attached hydrogens (tertiary/aromatic N) is 3. The smallest absolute Gasteiger partial charge is 0.326 e. The van der Waals surface area contributed by atoms with E-state index in [1.807, 2.05) is 48.2 Å². The molecular weight excluding hydrogens is 280 g/mol. The average Bonchev–Trinajstić information content (AvgIpc) is 2.97. The van der Waals surface area contributed by atoms with Crippen molar-refractivity contribution < 1.29 is 9.90 Å². The van der Waals surface area contributed by atoms with Gasteiger partial charge in [-0.2, -0.15) is 4.98 Å². The second kappa shape index (κ2) is 6.01. The van der Waals surface area contributed by atoms with E-state index >= 15 is 0 Å². The van der Waals surface area contributed by atoms with Gasteiger partial charge in [0.15, 0.2) is 0 Å². The minimum absolute atomic E-state index is 0.484. The summed E-state index contributed by atoms with van der Waals surface area (Å²) in [5.41, 5.74) is 1.70. The summed E-state index contributed by atoms with van der Waals surface area (Å²) in [7, 11) is 0. The van der Waals surface area contributed by atoms with Crippen LogP contribution in [0.4, 0.5) is 17.5 Å². The van der Waals surface area contributed by atoms with Gasteiger partial charge >= 0.3 is 5.97 Å². The highest BCUT2D eigenvalue weighted by molar-refractivity contribution is 5.78. The van der Waals surface area contributed by atoms with E-state index in [0.717, 1.165) is 17.8 Å². The number of rotatable bonds is 4. The highest BCUT2D eigenvalue weighted by Crippen LogP contribution is 2.26. The average molecular weight is 298 g/mol. The number of nitrogens with one attached hydrogen (secondary N) is 1. The van der Waals surface area contributed by atoms with Crippen LogP contribution >= 0.6 is 0 Å². The van der Waals surface area contributed by atoms with Crippen LogP contribution in [-0.2, 0) is 4.79 Å². The number of aromatic nitrogens is 2. The van der Waals surface area contributed by atoms with E-state index in [0.29, 0.717) is 24.7 Å². The van der Waals surface area contributed by atoms with Crippen LogP contribution in [0.1, 0.15) is 18.5 Å². The number of aryl methyl sites for hydroxylation is 1. The third kappa shape index (κ3) is 3.00. The lowest BCUT2D eigenvalue weighted by atomic mass is 10.2. The molecule has 1 aliphatic heterocycles. The normalized spacial score (nSPS) is 17.5. The quantitative estimate of drug-likeness (QED) is 0.903. The standard InChI is InChI=1S/C16H18N4O2/c1-11-10-14(20-9-5-8-13(20)15(21)22)19-16(17-11)18-12-6-3-2-4-7-12/h2-4,6-7,10,13H,5,8-9H2,1H3,(H,21,22)(H,17,18,19). The zero-order valence-electron chi connectivity index (χ0n) is 12.4. The molecule has 2 N–H and O–H groups in total. The Hall–Kier alpha value is -2.63. The highest BCUT2D eigenvalue weighted by atomic mass is 16.4. The molecule has 2 aromatic rings. The van der Waals surface area contributed by atoms with Crippen molar-refractivity contribution in [1.29, 1.82) is 0 Å². The van der Waals surface area contributed by atoms with Crippen LogP contribution < -0.4 is 10.2 Å². The Morgan fingerprint density at radius 3 is 2.82 bits per heavy atom. The predicted octanol–water partition coefficient (Wildman–Crippen LogP) is 2.58. The van der Waals surface area contributed by atoms with Crippen LogP contribution in [0.15, 0.2) is 36.4 Å². The lowest BCUT2D eigenvalue weighted by Gasteiger charge is -2.23. The van der Waals surface area contributed by atoms with Gasteiger partial charge in [-0.15, -0.1) is 0 Å². The van der Waals surface area contributed by atoms with Crippen molar-refractivity contribution in [2.24, 2.45) is 0 Å². The number of carbonyl (C=O) groups is 1. The summed E-state index contributed by atoms with van der Waals surface area (Å²) >= 11 is 0. The molecular formula is C16H18N4O2. The second-order valence-electron chi connectivity index (χ2n) is 5.37. The largest absolute Gasteiger partial charge is 0.480 e. The fourth-order valence-electron chi connectivity index (χ4n) is 2.70. The van der Waals surface area contributed by atoms with Gasteiger partial charge in [-0.25, -0.2) is 9.78 Å². The van der Waals surface area contributed by atoms with Gasteiger partial charge in [-0.3, -0.25) is 0 Å². The maximum Gasteiger partial charge on any atom is 0.326 e. The molecule has 1 atom stereocenters. The molecule has 1 aromatic heterocycles. The number of anilines is 3. The lowest BCUT2D eigenvalue weighted by molar-refractivity contribution is -0.138. The van der Waals surface area contributed by atoms with Crippen LogP contribution in [0, 0.1) is 6.92 Å². The lowest BCUT2D eigenvalue weighted by Crippen LogP contribution is -2.36. The van der Waals surface area contributed by atoms with Crippen LogP contribution in [0.5, 0.6) is 0 Å². The van der Waals surface area contributed by atoms with Crippen molar-refractivity contribution in [1.82, 2.24) is 9.97 Å².